The summed E-state index contributed by atoms with van der Waals surface area (Å²) in [6, 6.07) is 5.93. The second kappa shape index (κ2) is 6.89. The molecule has 0 saturated carbocycles. The van der Waals surface area contributed by atoms with E-state index in [1.165, 1.54) is 5.56 Å². The molecule has 3 heteroatoms. The molecule has 2 N–H and O–H groups in total. The minimum absolute atomic E-state index is 0. The Kier molecular flexibility index (Phi) is 6.66. The van der Waals surface area contributed by atoms with Gasteiger partial charge in [-0.05, 0) is 43.0 Å². The smallest absolute Gasteiger partial charge is 0.0408 e. The average molecular weight is 246 g/mol. The van der Waals surface area contributed by atoms with Crippen molar-refractivity contribution in [2.45, 2.75) is 25.8 Å². The Morgan fingerprint density at radius 1 is 1.53 bits per heavy atom. The molecule has 0 aromatic heterocycles. The molecule has 1 aromatic carbocycles. The molecule has 0 saturated heterocycles. The predicted octanol–water partition coefficient (Wildman–Crippen LogP) is 4.04. The zero-order valence-corrected chi connectivity index (χ0v) is 10.4. The summed E-state index contributed by atoms with van der Waals surface area (Å²) < 4.78 is 0. The number of halogens is 2. The van der Waals surface area contributed by atoms with Crippen LogP contribution in [0.4, 0.5) is 0 Å². The number of hydrogen-bond donors (Lipinski definition) is 1. The second-order valence-corrected chi connectivity index (χ2v) is 3.91. The van der Waals surface area contributed by atoms with E-state index in [1.54, 1.807) is 0 Å². The molecule has 15 heavy (non-hydrogen) atoms. The summed E-state index contributed by atoms with van der Waals surface area (Å²) in [6.07, 6.45) is 3.78. The normalized spacial score (nSPS) is 11.7. The molecule has 0 fully saturated rings. The van der Waals surface area contributed by atoms with Gasteiger partial charge in [0.25, 0.3) is 0 Å². The Hall–Kier alpha value is -0.500. The number of rotatable bonds is 4. The number of hydrogen-bond acceptors (Lipinski definition) is 1. The van der Waals surface area contributed by atoms with Gasteiger partial charge in [0.1, 0.15) is 0 Å². The van der Waals surface area contributed by atoms with Crippen molar-refractivity contribution < 1.29 is 0 Å². The zero-order valence-electron chi connectivity index (χ0n) is 8.87. The predicted molar refractivity (Wildman–Crippen MR) is 69.8 cm³/mol. The van der Waals surface area contributed by atoms with Crippen molar-refractivity contribution >= 4 is 24.0 Å². The fourth-order valence-electron chi connectivity index (χ4n) is 1.51. The van der Waals surface area contributed by atoms with Crippen LogP contribution < -0.4 is 5.73 Å². The molecule has 0 amide bonds. The van der Waals surface area contributed by atoms with E-state index in [0.29, 0.717) is 0 Å². The topological polar surface area (TPSA) is 26.0 Å². The van der Waals surface area contributed by atoms with Gasteiger partial charge in [-0.1, -0.05) is 23.7 Å². The van der Waals surface area contributed by atoms with Crippen molar-refractivity contribution in [2.75, 3.05) is 0 Å². The minimum Gasteiger partial charge on any atom is -0.324 e. The van der Waals surface area contributed by atoms with Crippen LogP contribution in [0, 0.1) is 6.92 Å². The summed E-state index contributed by atoms with van der Waals surface area (Å²) in [4.78, 5) is 0. The molecule has 1 atom stereocenters. The molecule has 84 valence electrons. The van der Waals surface area contributed by atoms with Gasteiger partial charge in [-0.3, -0.25) is 0 Å². The SMILES string of the molecule is C=CCC[C@@H](N)c1ccc(Cl)cc1C.Cl. The maximum Gasteiger partial charge on any atom is 0.0408 e. The monoisotopic (exact) mass is 245 g/mol. The highest BCUT2D eigenvalue weighted by Gasteiger charge is 2.07. The Morgan fingerprint density at radius 3 is 2.73 bits per heavy atom. The molecule has 0 heterocycles. The van der Waals surface area contributed by atoms with Gasteiger partial charge in [0, 0.05) is 11.1 Å². The fourth-order valence-corrected chi connectivity index (χ4v) is 1.73. The lowest BCUT2D eigenvalue weighted by Gasteiger charge is -2.13. The van der Waals surface area contributed by atoms with Gasteiger partial charge >= 0.3 is 0 Å². The number of benzene rings is 1. The highest BCUT2D eigenvalue weighted by atomic mass is 35.5. The molecule has 0 aliphatic rings. The Labute approximate surface area is 103 Å². The first-order valence-electron chi connectivity index (χ1n) is 4.77. The summed E-state index contributed by atoms with van der Waals surface area (Å²) in [7, 11) is 0. The van der Waals surface area contributed by atoms with Gasteiger partial charge in [-0.2, -0.15) is 0 Å². The zero-order chi connectivity index (χ0) is 10.6. The van der Waals surface area contributed by atoms with E-state index in [1.807, 2.05) is 31.2 Å². The lowest BCUT2D eigenvalue weighted by atomic mass is 9.98. The molecule has 0 aliphatic heterocycles. The molecule has 0 radical (unpaired) electrons. The number of allylic oxidation sites excluding steroid dienone is 1. The Balaban J connectivity index is 0.00000196. The van der Waals surface area contributed by atoms with Crippen LogP contribution in [-0.4, -0.2) is 0 Å². The first kappa shape index (κ1) is 14.5. The highest BCUT2D eigenvalue weighted by molar-refractivity contribution is 6.30. The van der Waals surface area contributed by atoms with E-state index < -0.39 is 0 Å². The number of nitrogens with two attached hydrogens (primary N) is 1. The van der Waals surface area contributed by atoms with Gasteiger partial charge < -0.3 is 5.73 Å². The third-order valence-electron chi connectivity index (χ3n) is 2.31. The van der Waals surface area contributed by atoms with Crippen molar-refractivity contribution in [3.05, 3.63) is 47.0 Å². The third kappa shape index (κ3) is 4.25. The van der Waals surface area contributed by atoms with E-state index in [4.69, 9.17) is 17.3 Å². The van der Waals surface area contributed by atoms with Crippen LogP contribution in [0.15, 0.2) is 30.9 Å². The maximum absolute atomic E-state index is 6.04. The first-order chi connectivity index (χ1) is 6.65. The second-order valence-electron chi connectivity index (χ2n) is 3.47. The third-order valence-corrected chi connectivity index (χ3v) is 2.55. The van der Waals surface area contributed by atoms with Crippen LogP contribution in [0.2, 0.25) is 5.02 Å². The maximum atomic E-state index is 6.04. The van der Waals surface area contributed by atoms with Gasteiger partial charge in [-0.15, -0.1) is 19.0 Å². The summed E-state index contributed by atoms with van der Waals surface area (Å²) in [6.45, 7) is 5.72. The van der Waals surface area contributed by atoms with Crippen molar-refractivity contribution in [1.29, 1.82) is 0 Å². The van der Waals surface area contributed by atoms with Crippen LogP contribution in [0.25, 0.3) is 0 Å². The van der Waals surface area contributed by atoms with Crippen LogP contribution in [0.5, 0.6) is 0 Å². The highest BCUT2D eigenvalue weighted by Crippen LogP contribution is 2.22. The minimum atomic E-state index is 0. The van der Waals surface area contributed by atoms with E-state index in [0.717, 1.165) is 23.4 Å². The van der Waals surface area contributed by atoms with Gasteiger partial charge in [0.2, 0.25) is 0 Å². The molecule has 1 rings (SSSR count). The van der Waals surface area contributed by atoms with Crippen LogP contribution >= 0.6 is 24.0 Å². The van der Waals surface area contributed by atoms with E-state index in [2.05, 4.69) is 6.58 Å². The lowest BCUT2D eigenvalue weighted by Crippen LogP contribution is -2.11. The molecule has 1 aromatic rings. The summed E-state index contributed by atoms with van der Waals surface area (Å²) in [5.74, 6) is 0. The van der Waals surface area contributed by atoms with E-state index in [9.17, 15) is 0 Å². The van der Waals surface area contributed by atoms with Crippen molar-refractivity contribution in [2.24, 2.45) is 5.73 Å². The van der Waals surface area contributed by atoms with E-state index in [-0.39, 0.29) is 18.4 Å². The molecule has 0 aliphatic carbocycles. The lowest BCUT2D eigenvalue weighted by molar-refractivity contribution is 0.658. The van der Waals surface area contributed by atoms with Gasteiger partial charge in [0.15, 0.2) is 0 Å². The fraction of sp³-hybridized carbons (Fsp3) is 0.333. The quantitative estimate of drug-likeness (QED) is 0.797. The number of aryl methyl sites for hydroxylation is 1. The molecular formula is C12H17Cl2N. The molecule has 1 nitrogen and oxygen atoms in total. The summed E-state index contributed by atoms with van der Waals surface area (Å²) >= 11 is 5.87. The van der Waals surface area contributed by atoms with Crippen LogP contribution in [0.3, 0.4) is 0 Å². The van der Waals surface area contributed by atoms with Gasteiger partial charge in [0.05, 0.1) is 0 Å². The molecule has 0 bridgehead atoms. The average Bonchev–Trinajstić information content (AvgIpc) is 2.14. The van der Waals surface area contributed by atoms with Crippen molar-refractivity contribution in [3.63, 3.8) is 0 Å². The van der Waals surface area contributed by atoms with Crippen molar-refractivity contribution in [1.82, 2.24) is 0 Å². The van der Waals surface area contributed by atoms with E-state index >= 15 is 0 Å². The standard InChI is InChI=1S/C12H16ClN.ClH/c1-3-4-5-12(14)11-7-6-10(13)8-9(11)2;/h3,6-8,12H,1,4-5,14H2,2H3;1H/t12-;/m1./s1. The summed E-state index contributed by atoms with van der Waals surface area (Å²) in [5.41, 5.74) is 8.38. The molecule has 0 unspecified atom stereocenters. The first-order valence-corrected chi connectivity index (χ1v) is 5.15. The van der Waals surface area contributed by atoms with Gasteiger partial charge in [-0.25, -0.2) is 0 Å². The summed E-state index contributed by atoms with van der Waals surface area (Å²) in [5, 5.41) is 0.766. The van der Waals surface area contributed by atoms with Crippen LogP contribution in [-0.2, 0) is 0 Å². The molecular weight excluding hydrogens is 229 g/mol. The largest absolute Gasteiger partial charge is 0.324 e. The van der Waals surface area contributed by atoms with Crippen molar-refractivity contribution in [3.8, 4) is 0 Å². The van der Waals surface area contributed by atoms with Crippen LogP contribution in [0.1, 0.15) is 30.0 Å². The Bertz CT molecular complexity index is 323. The molecule has 0 spiro atoms. The Morgan fingerprint density at radius 2 is 2.20 bits per heavy atom.